The zero-order valence-electron chi connectivity index (χ0n) is 20.1. The van der Waals surface area contributed by atoms with Crippen molar-refractivity contribution in [3.8, 4) is 0 Å². The first-order valence-electron chi connectivity index (χ1n) is 12.2. The summed E-state index contributed by atoms with van der Waals surface area (Å²) >= 11 is 0. The molecule has 0 unspecified atom stereocenters. The van der Waals surface area contributed by atoms with Gasteiger partial charge in [0, 0.05) is 23.8 Å². The van der Waals surface area contributed by atoms with E-state index in [1.165, 1.54) is 4.90 Å². The third-order valence-electron chi connectivity index (χ3n) is 7.61. The van der Waals surface area contributed by atoms with Crippen molar-refractivity contribution in [1.29, 1.82) is 0 Å². The fraction of sp³-hybridized carbons (Fsp3) is 0.233. The number of fused-ring (bicyclic) bond motifs is 4. The van der Waals surface area contributed by atoms with Crippen LogP contribution < -0.4 is 15.1 Å². The predicted molar refractivity (Wildman–Crippen MR) is 138 cm³/mol. The smallest absolute Gasteiger partial charge is 0.253 e. The first-order chi connectivity index (χ1) is 17.4. The molecular weight excluding hydrogens is 450 g/mol. The van der Waals surface area contributed by atoms with Gasteiger partial charge in [-0.1, -0.05) is 78.9 Å². The van der Waals surface area contributed by atoms with Crippen LogP contribution in [0.15, 0.2) is 97.1 Å². The minimum absolute atomic E-state index is 0.201. The van der Waals surface area contributed by atoms with Crippen molar-refractivity contribution in [2.24, 2.45) is 11.8 Å². The van der Waals surface area contributed by atoms with Crippen molar-refractivity contribution in [2.45, 2.75) is 24.9 Å². The van der Waals surface area contributed by atoms with Crippen molar-refractivity contribution in [1.82, 2.24) is 5.32 Å². The van der Waals surface area contributed by atoms with Crippen LogP contribution in [0.5, 0.6) is 0 Å². The van der Waals surface area contributed by atoms with Crippen molar-refractivity contribution < 1.29 is 14.4 Å². The summed E-state index contributed by atoms with van der Waals surface area (Å²) in [5, 5.41) is 3.57. The minimum Gasteiger partial charge on any atom is -0.306 e. The van der Waals surface area contributed by atoms with Crippen LogP contribution in [0, 0.1) is 11.8 Å². The molecule has 0 bridgehead atoms. The highest BCUT2D eigenvalue weighted by atomic mass is 16.2. The number of rotatable bonds is 5. The third kappa shape index (κ3) is 3.11. The average molecular weight is 478 g/mol. The molecule has 0 aliphatic carbocycles. The maximum atomic E-state index is 14.3. The van der Waals surface area contributed by atoms with Gasteiger partial charge in [0.2, 0.25) is 11.8 Å². The second kappa shape index (κ2) is 8.28. The SMILES string of the molecule is C=C(C)CN1C(=O)[C@@]2(N[C@@H](Cc3ccccc3)[C@H]3C(=O)N(c4ccccc4)C(=O)[C@H]32)c2ccccc21. The Balaban J connectivity index is 1.52. The molecule has 4 atom stereocenters. The third-order valence-corrected chi connectivity index (χ3v) is 7.61. The summed E-state index contributed by atoms with van der Waals surface area (Å²) in [4.78, 5) is 45.3. The van der Waals surface area contributed by atoms with Crippen LogP contribution in [0.2, 0.25) is 0 Å². The minimum atomic E-state index is -1.31. The first-order valence-corrected chi connectivity index (χ1v) is 12.2. The molecular formula is C30H27N3O3. The fourth-order valence-corrected chi connectivity index (χ4v) is 6.25. The summed E-state index contributed by atoms with van der Waals surface area (Å²) in [6.45, 7) is 6.25. The van der Waals surface area contributed by atoms with E-state index >= 15 is 0 Å². The van der Waals surface area contributed by atoms with Gasteiger partial charge in [-0.05, 0) is 37.1 Å². The second-order valence-electron chi connectivity index (χ2n) is 9.97. The molecule has 3 heterocycles. The molecule has 1 N–H and O–H groups in total. The lowest BCUT2D eigenvalue weighted by atomic mass is 9.76. The molecule has 2 saturated heterocycles. The molecule has 0 saturated carbocycles. The lowest BCUT2D eigenvalue weighted by Crippen LogP contribution is -2.55. The molecule has 3 amide bonds. The van der Waals surface area contributed by atoms with Crippen molar-refractivity contribution in [2.75, 3.05) is 16.3 Å². The molecule has 3 aliphatic heterocycles. The number of para-hydroxylation sites is 2. The van der Waals surface area contributed by atoms with E-state index < -0.39 is 17.4 Å². The van der Waals surface area contributed by atoms with E-state index in [1.807, 2.05) is 79.7 Å². The summed E-state index contributed by atoms with van der Waals surface area (Å²) in [6, 6.07) is 26.1. The van der Waals surface area contributed by atoms with E-state index in [0.29, 0.717) is 18.7 Å². The Morgan fingerprint density at radius 3 is 2.22 bits per heavy atom. The Labute approximate surface area is 210 Å². The van der Waals surface area contributed by atoms with Crippen LogP contribution in [-0.2, 0) is 26.3 Å². The summed E-state index contributed by atoms with van der Waals surface area (Å²) in [6.07, 6.45) is 0.529. The number of benzene rings is 3. The van der Waals surface area contributed by atoms with Gasteiger partial charge in [-0.3, -0.25) is 19.7 Å². The van der Waals surface area contributed by atoms with E-state index in [9.17, 15) is 14.4 Å². The average Bonchev–Trinajstić information content (AvgIpc) is 3.44. The van der Waals surface area contributed by atoms with E-state index in [2.05, 4.69) is 11.9 Å². The Kier molecular flexibility index (Phi) is 5.16. The van der Waals surface area contributed by atoms with Gasteiger partial charge >= 0.3 is 0 Å². The first kappa shape index (κ1) is 22.4. The van der Waals surface area contributed by atoms with Crippen LogP contribution in [0.25, 0.3) is 0 Å². The highest BCUT2D eigenvalue weighted by Crippen LogP contribution is 2.55. The fourth-order valence-electron chi connectivity index (χ4n) is 6.25. The van der Waals surface area contributed by atoms with Crippen LogP contribution >= 0.6 is 0 Å². The van der Waals surface area contributed by atoms with Crippen LogP contribution in [-0.4, -0.2) is 30.3 Å². The van der Waals surface area contributed by atoms with Gasteiger partial charge in [0.25, 0.3) is 5.91 Å². The number of carbonyl (C=O) groups excluding carboxylic acids is 3. The normalized spacial score (nSPS) is 26.6. The predicted octanol–water partition coefficient (Wildman–Crippen LogP) is 3.82. The molecule has 0 aromatic heterocycles. The molecule has 1 spiro atoms. The van der Waals surface area contributed by atoms with Crippen LogP contribution in [0.1, 0.15) is 18.1 Å². The molecule has 0 radical (unpaired) electrons. The summed E-state index contributed by atoms with van der Waals surface area (Å²) in [5.74, 6) is -2.31. The van der Waals surface area contributed by atoms with E-state index in [4.69, 9.17) is 0 Å². The van der Waals surface area contributed by atoms with Gasteiger partial charge in [0.05, 0.1) is 17.5 Å². The van der Waals surface area contributed by atoms with Crippen molar-refractivity contribution >= 4 is 29.1 Å². The van der Waals surface area contributed by atoms with Crippen molar-refractivity contribution in [3.63, 3.8) is 0 Å². The van der Waals surface area contributed by atoms with Gasteiger partial charge in [-0.25, -0.2) is 4.90 Å². The molecule has 36 heavy (non-hydrogen) atoms. The number of imide groups is 1. The molecule has 3 aromatic carbocycles. The highest BCUT2D eigenvalue weighted by molar-refractivity contribution is 6.26. The van der Waals surface area contributed by atoms with Crippen molar-refractivity contribution in [3.05, 3.63) is 108 Å². The number of hydrogen-bond acceptors (Lipinski definition) is 4. The highest BCUT2D eigenvalue weighted by Gasteiger charge is 2.71. The number of amides is 3. The van der Waals surface area contributed by atoms with Gasteiger partial charge in [0.15, 0.2) is 0 Å². The van der Waals surface area contributed by atoms with Crippen LogP contribution in [0.3, 0.4) is 0 Å². The lowest BCUT2D eigenvalue weighted by molar-refractivity contribution is -0.132. The maximum Gasteiger partial charge on any atom is 0.253 e. The Morgan fingerprint density at radius 2 is 1.53 bits per heavy atom. The lowest BCUT2D eigenvalue weighted by Gasteiger charge is -2.30. The number of anilines is 2. The Morgan fingerprint density at radius 1 is 0.889 bits per heavy atom. The molecule has 3 aliphatic rings. The van der Waals surface area contributed by atoms with Gasteiger partial charge < -0.3 is 4.90 Å². The summed E-state index contributed by atoms with van der Waals surface area (Å²) in [7, 11) is 0. The largest absolute Gasteiger partial charge is 0.306 e. The molecule has 3 aromatic rings. The van der Waals surface area contributed by atoms with E-state index in [1.54, 1.807) is 17.0 Å². The topological polar surface area (TPSA) is 69.7 Å². The number of nitrogens with one attached hydrogen (secondary N) is 1. The Hall–Kier alpha value is -4.03. The van der Waals surface area contributed by atoms with Crippen LogP contribution in [0.4, 0.5) is 11.4 Å². The summed E-state index contributed by atoms with van der Waals surface area (Å²) < 4.78 is 0. The molecule has 6 heteroatoms. The Bertz CT molecular complexity index is 1390. The van der Waals surface area contributed by atoms with Gasteiger partial charge in [-0.2, -0.15) is 0 Å². The monoisotopic (exact) mass is 477 g/mol. The number of carbonyl (C=O) groups is 3. The van der Waals surface area contributed by atoms with E-state index in [0.717, 1.165) is 22.4 Å². The van der Waals surface area contributed by atoms with Gasteiger partial charge in [-0.15, -0.1) is 0 Å². The van der Waals surface area contributed by atoms with Gasteiger partial charge in [0.1, 0.15) is 5.54 Å². The molecule has 2 fully saturated rings. The number of nitrogens with zero attached hydrogens (tertiary/aromatic N) is 2. The second-order valence-corrected chi connectivity index (χ2v) is 9.97. The molecule has 180 valence electrons. The zero-order chi connectivity index (χ0) is 25.0. The van der Waals surface area contributed by atoms with E-state index in [-0.39, 0.29) is 23.8 Å². The molecule has 6 nitrogen and oxygen atoms in total. The zero-order valence-corrected chi connectivity index (χ0v) is 20.1. The summed E-state index contributed by atoms with van der Waals surface area (Å²) in [5.41, 5.74) is 2.61. The number of hydrogen-bond donors (Lipinski definition) is 1. The standard InChI is InChI=1S/C30H27N3O3/c1-19(2)18-32-24-16-10-9-15-22(24)30(29(32)36)26-25(23(31-30)17-20-11-5-3-6-12-20)27(34)33(28(26)35)21-13-7-4-8-14-21/h3-16,23,25-26,31H,1,17-18H2,2H3/t23-,25+,26-,30+/m0/s1. The maximum absolute atomic E-state index is 14.3. The molecule has 6 rings (SSSR count). The quantitative estimate of drug-likeness (QED) is 0.448.